The zero-order chi connectivity index (χ0) is 13.0. The Labute approximate surface area is 105 Å². The van der Waals surface area contributed by atoms with Crippen molar-refractivity contribution in [2.45, 2.75) is 6.42 Å². The number of halogens is 1. The van der Waals surface area contributed by atoms with Gasteiger partial charge in [0.05, 0.1) is 0 Å². The molecule has 0 radical (unpaired) electrons. The van der Waals surface area contributed by atoms with E-state index in [9.17, 15) is 9.18 Å². The Morgan fingerprint density at radius 3 is 2.89 bits per heavy atom. The Balaban J connectivity index is 1.85. The minimum atomic E-state index is -0.397. The van der Waals surface area contributed by atoms with Gasteiger partial charge >= 0.3 is 0 Å². The van der Waals surface area contributed by atoms with Crippen LogP contribution in [0.5, 0.6) is 0 Å². The molecule has 0 fully saturated rings. The highest BCUT2D eigenvalue weighted by Gasteiger charge is 2.05. The van der Waals surface area contributed by atoms with Crippen LogP contribution in [0.4, 0.5) is 4.39 Å². The van der Waals surface area contributed by atoms with Gasteiger partial charge in [0, 0.05) is 31.5 Å². The van der Waals surface area contributed by atoms with Crippen molar-refractivity contribution in [3.05, 3.63) is 59.7 Å². The highest BCUT2D eigenvalue weighted by molar-refractivity contribution is 5.94. The number of nitrogens with zero attached hydrogens (tertiary/aromatic N) is 1. The molecule has 4 heteroatoms. The molecule has 94 valence electrons. The molecular formula is C14H15FN2O. The summed E-state index contributed by atoms with van der Waals surface area (Å²) in [6.45, 7) is 0.541. The van der Waals surface area contributed by atoms with Crippen molar-refractivity contribution < 1.29 is 9.18 Å². The molecule has 2 rings (SSSR count). The fourth-order valence-corrected chi connectivity index (χ4v) is 1.76. The summed E-state index contributed by atoms with van der Waals surface area (Å²) in [6, 6.07) is 7.69. The van der Waals surface area contributed by atoms with Crippen LogP contribution in [0.25, 0.3) is 0 Å². The molecule has 0 aliphatic heterocycles. The molecule has 0 unspecified atom stereocenters. The van der Waals surface area contributed by atoms with Gasteiger partial charge in [0.1, 0.15) is 5.82 Å². The van der Waals surface area contributed by atoms with E-state index in [-0.39, 0.29) is 5.91 Å². The molecule has 0 saturated heterocycles. The van der Waals surface area contributed by atoms with E-state index in [2.05, 4.69) is 5.32 Å². The minimum Gasteiger partial charge on any atom is -0.357 e. The van der Waals surface area contributed by atoms with E-state index in [0.717, 1.165) is 12.0 Å². The third-order valence-electron chi connectivity index (χ3n) is 2.68. The largest absolute Gasteiger partial charge is 0.357 e. The van der Waals surface area contributed by atoms with Crippen molar-refractivity contribution in [2.75, 3.05) is 6.54 Å². The van der Waals surface area contributed by atoms with Crippen molar-refractivity contribution in [3.8, 4) is 0 Å². The van der Waals surface area contributed by atoms with Crippen LogP contribution in [0.1, 0.15) is 15.9 Å². The average Bonchev–Trinajstić information content (AvgIpc) is 2.75. The Hall–Kier alpha value is -2.10. The molecule has 3 nitrogen and oxygen atoms in total. The number of aromatic nitrogens is 1. The number of amides is 1. The van der Waals surface area contributed by atoms with Crippen LogP contribution in [0.2, 0.25) is 0 Å². The summed E-state index contributed by atoms with van der Waals surface area (Å²) in [5.41, 5.74) is 1.51. The Bertz CT molecular complexity index is 548. The van der Waals surface area contributed by atoms with Crippen LogP contribution in [-0.4, -0.2) is 17.0 Å². The maximum absolute atomic E-state index is 12.9. The Kier molecular flexibility index (Phi) is 3.77. The summed E-state index contributed by atoms with van der Waals surface area (Å²) in [5, 5.41) is 2.77. The zero-order valence-electron chi connectivity index (χ0n) is 10.2. The number of carbonyl (C=O) groups is 1. The van der Waals surface area contributed by atoms with E-state index in [1.807, 2.05) is 30.1 Å². The first kappa shape index (κ1) is 12.4. The molecule has 2 aromatic rings. The van der Waals surface area contributed by atoms with Gasteiger partial charge in [0.25, 0.3) is 5.91 Å². The molecular weight excluding hydrogens is 231 g/mol. The van der Waals surface area contributed by atoms with Crippen molar-refractivity contribution in [1.82, 2.24) is 9.88 Å². The molecule has 0 bridgehead atoms. The van der Waals surface area contributed by atoms with Crippen molar-refractivity contribution in [3.63, 3.8) is 0 Å². The Morgan fingerprint density at radius 1 is 1.39 bits per heavy atom. The SMILES string of the molecule is Cn1ccc(CCNC(=O)c2cccc(F)c2)c1. The minimum absolute atomic E-state index is 0.245. The lowest BCUT2D eigenvalue weighted by atomic mass is 10.2. The van der Waals surface area contributed by atoms with Gasteiger partial charge in [-0.25, -0.2) is 4.39 Å². The molecule has 0 spiro atoms. The zero-order valence-corrected chi connectivity index (χ0v) is 10.2. The highest BCUT2D eigenvalue weighted by atomic mass is 19.1. The summed E-state index contributed by atoms with van der Waals surface area (Å²) in [7, 11) is 1.95. The van der Waals surface area contributed by atoms with Gasteiger partial charge in [-0.2, -0.15) is 0 Å². The maximum Gasteiger partial charge on any atom is 0.251 e. The van der Waals surface area contributed by atoms with Gasteiger partial charge in [0.2, 0.25) is 0 Å². The third-order valence-corrected chi connectivity index (χ3v) is 2.68. The summed E-state index contributed by atoms with van der Waals surface area (Å²) < 4.78 is 14.9. The fourth-order valence-electron chi connectivity index (χ4n) is 1.76. The summed E-state index contributed by atoms with van der Waals surface area (Å²) >= 11 is 0. The number of nitrogens with one attached hydrogen (secondary N) is 1. The second-order valence-electron chi connectivity index (χ2n) is 4.20. The smallest absolute Gasteiger partial charge is 0.251 e. The molecule has 0 aliphatic carbocycles. The second kappa shape index (κ2) is 5.49. The van der Waals surface area contributed by atoms with Crippen LogP contribution in [0.3, 0.4) is 0 Å². The van der Waals surface area contributed by atoms with Gasteiger partial charge in [-0.1, -0.05) is 6.07 Å². The van der Waals surface area contributed by atoms with Gasteiger partial charge in [-0.15, -0.1) is 0 Å². The molecule has 1 heterocycles. The maximum atomic E-state index is 12.9. The first-order valence-electron chi connectivity index (χ1n) is 5.80. The number of rotatable bonds is 4. The molecule has 0 aliphatic rings. The predicted octanol–water partition coefficient (Wildman–Crippen LogP) is 2.14. The van der Waals surface area contributed by atoms with E-state index in [1.165, 1.54) is 18.2 Å². The van der Waals surface area contributed by atoms with E-state index < -0.39 is 5.82 Å². The Morgan fingerprint density at radius 2 is 2.22 bits per heavy atom. The molecule has 1 aromatic carbocycles. The lowest BCUT2D eigenvalue weighted by molar-refractivity contribution is 0.0953. The number of hydrogen-bond acceptors (Lipinski definition) is 1. The number of aryl methyl sites for hydroxylation is 1. The lowest BCUT2D eigenvalue weighted by Gasteiger charge is -2.04. The van der Waals surface area contributed by atoms with Gasteiger partial charge < -0.3 is 9.88 Å². The van der Waals surface area contributed by atoms with Crippen LogP contribution in [0.15, 0.2) is 42.7 Å². The molecule has 0 saturated carbocycles. The van der Waals surface area contributed by atoms with Crippen LogP contribution >= 0.6 is 0 Å². The molecule has 1 amide bonds. The molecule has 1 N–H and O–H groups in total. The van der Waals surface area contributed by atoms with Gasteiger partial charge in [0.15, 0.2) is 0 Å². The normalized spacial score (nSPS) is 10.3. The van der Waals surface area contributed by atoms with Crippen molar-refractivity contribution in [2.24, 2.45) is 7.05 Å². The third kappa shape index (κ3) is 3.20. The van der Waals surface area contributed by atoms with E-state index in [1.54, 1.807) is 6.07 Å². The molecule has 1 aromatic heterocycles. The topological polar surface area (TPSA) is 34.0 Å². The van der Waals surface area contributed by atoms with Crippen molar-refractivity contribution in [1.29, 1.82) is 0 Å². The monoisotopic (exact) mass is 246 g/mol. The predicted molar refractivity (Wildman–Crippen MR) is 67.9 cm³/mol. The lowest BCUT2D eigenvalue weighted by Crippen LogP contribution is -2.25. The van der Waals surface area contributed by atoms with E-state index >= 15 is 0 Å². The fraction of sp³-hybridized carbons (Fsp3) is 0.214. The van der Waals surface area contributed by atoms with Crippen LogP contribution < -0.4 is 5.32 Å². The first-order valence-corrected chi connectivity index (χ1v) is 5.80. The molecule has 18 heavy (non-hydrogen) atoms. The highest BCUT2D eigenvalue weighted by Crippen LogP contribution is 2.04. The van der Waals surface area contributed by atoms with Crippen LogP contribution in [0, 0.1) is 5.82 Å². The van der Waals surface area contributed by atoms with Gasteiger partial charge in [-0.3, -0.25) is 4.79 Å². The summed E-state index contributed by atoms with van der Waals surface area (Å²) in [5.74, 6) is -0.642. The number of carbonyl (C=O) groups excluding carboxylic acids is 1. The number of benzene rings is 1. The standard InChI is InChI=1S/C14H15FN2O/c1-17-8-6-11(10-17)5-7-16-14(18)12-3-2-4-13(15)9-12/h2-4,6,8-10H,5,7H2,1H3,(H,16,18). The number of hydrogen-bond donors (Lipinski definition) is 1. The second-order valence-corrected chi connectivity index (χ2v) is 4.20. The summed E-state index contributed by atoms with van der Waals surface area (Å²) in [4.78, 5) is 11.7. The summed E-state index contributed by atoms with van der Waals surface area (Å²) in [6.07, 6.45) is 4.74. The average molecular weight is 246 g/mol. The quantitative estimate of drug-likeness (QED) is 0.881. The van der Waals surface area contributed by atoms with E-state index in [4.69, 9.17) is 0 Å². The van der Waals surface area contributed by atoms with E-state index in [0.29, 0.717) is 12.1 Å². The van der Waals surface area contributed by atoms with Crippen LogP contribution in [-0.2, 0) is 13.5 Å². The first-order chi connectivity index (χ1) is 8.65. The van der Waals surface area contributed by atoms with Crippen molar-refractivity contribution >= 4 is 5.91 Å². The molecule has 0 atom stereocenters. The van der Waals surface area contributed by atoms with Gasteiger partial charge in [-0.05, 0) is 36.2 Å².